The number of hydrogen-bond acceptors (Lipinski definition) is 5. The summed E-state index contributed by atoms with van der Waals surface area (Å²) in [6.45, 7) is 9.09. The number of pyridine rings is 1. The summed E-state index contributed by atoms with van der Waals surface area (Å²) in [4.78, 5) is 10.6. The highest BCUT2D eigenvalue weighted by atomic mass is 16.5. The quantitative estimate of drug-likeness (QED) is 0.440. The Hall–Kier alpha value is -2.90. The third-order valence-electron chi connectivity index (χ3n) is 7.03. The van der Waals surface area contributed by atoms with E-state index in [0.717, 1.165) is 35.7 Å². The molecule has 0 atom stereocenters. The van der Waals surface area contributed by atoms with E-state index < -0.39 is 0 Å². The Morgan fingerprint density at radius 1 is 1.21 bits per heavy atom. The molecule has 0 saturated carbocycles. The Bertz CT molecular complexity index is 1250. The first kappa shape index (κ1) is 21.9. The molecule has 0 unspecified atom stereocenters. The van der Waals surface area contributed by atoms with Crippen molar-refractivity contribution in [2.24, 2.45) is 0 Å². The Balaban J connectivity index is 1.51. The van der Waals surface area contributed by atoms with Crippen LogP contribution in [0.5, 0.6) is 5.75 Å². The standard InChI is InChI=1S/C26H34N6O/c1-17(2)24-21-13-19(18-7-10-31(11-8-18)12-9-27-3)5-6-22(21)30-25(24)20-14-23(33-4)26-28-16-29-32(26)15-20/h5-6,13-18,27,30H,7-12H2,1-4H3. The molecule has 5 rings (SSSR count). The van der Waals surface area contributed by atoms with Crippen LogP contribution in [-0.2, 0) is 0 Å². The average molecular weight is 447 g/mol. The first-order chi connectivity index (χ1) is 16.1. The van der Waals surface area contributed by atoms with Crippen LogP contribution in [0.3, 0.4) is 0 Å². The van der Waals surface area contributed by atoms with Crippen molar-refractivity contribution >= 4 is 16.6 Å². The van der Waals surface area contributed by atoms with Crippen LogP contribution in [-0.4, -0.2) is 64.8 Å². The topological polar surface area (TPSA) is 70.5 Å². The smallest absolute Gasteiger partial charge is 0.197 e. The second-order valence-corrected chi connectivity index (χ2v) is 9.42. The summed E-state index contributed by atoms with van der Waals surface area (Å²) < 4.78 is 7.40. The minimum atomic E-state index is 0.379. The fraction of sp³-hybridized carbons (Fsp3) is 0.462. The van der Waals surface area contributed by atoms with Crippen LogP contribution in [0.25, 0.3) is 27.8 Å². The molecule has 2 N–H and O–H groups in total. The van der Waals surface area contributed by atoms with Crippen molar-refractivity contribution < 1.29 is 4.74 Å². The number of methoxy groups -OCH3 is 1. The number of hydrogen-bond donors (Lipinski definition) is 2. The number of likely N-dealkylation sites (tertiary alicyclic amines) is 1. The molecule has 7 nitrogen and oxygen atoms in total. The number of rotatable bonds is 7. The summed E-state index contributed by atoms with van der Waals surface area (Å²) in [7, 11) is 3.71. The number of nitrogens with zero attached hydrogens (tertiary/aromatic N) is 4. The van der Waals surface area contributed by atoms with Gasteiger partial charge < -0.3 is 19.9 Å². The summed E-state index contributed by atoms with van der Waals surface area (Å²) in [5.74, 6) is 1.74. The Morgan fingerprint density at radius 3 is 2.76 bits per heavy atom. The molecule has 1 fully saturated rings. The zero-order chi connectivity index (χ0) is 22.9. The van der Waals surface area contributed by atoms with Gasteiger partial charge in [-0.2, -0.15) is 5.10 Å². The molecule has 174 valence electrons. The third kappa shape index (κ3) is 4.11. The highest BCUT2D eigenvalue weighted by molar-refractivity contribution is 5.92. The van der Waals surface area contributed by atoms with Crippen LogP contribution in [0.1, 0.15) is 49.7 Å². The van der Waals surface area contributed by atoms with Crippen molar-refractivity contribution in [3.63, 3.8) is 0 Å². The van der Waals surface area contributed by atoms with Crippen LogP contribution >= 0.6 is 0 Å². The largest absolute Gasteiger partial charge is 0.493 e. The van der Waals surface area contributed by atoms with E-state index in [1.807, 2.05) is 13.2 Å². The third-order valence-corrected chi connectivity index (χ3v) is 7.03. The first-order valence-electron chi connectivity index (χ1n) is 12.0. The highest BCUT2D eigenvalue weighted by Crippen LogP contribution is 2.39. The summed E-state index contributed by atoms with van der Waals surface area (Å²) in [5, 5.41) is 8.94. The van der Waals surface area contributed by atoms with Gasteiger partial charge in [-0.1, -0.05) is 19.9 Å². The molecule has 3 aromatic heterocycles. The predicted octanol–water partition coefficient (Wildman–Crippen LogP) is 4.41. The lowest BCUT2D eigenvalue weighted by Gasteiger charge is -2.32. The van der Waals surface area contributed by atoms with Crippen molar-refractivity contribution in [3.05, 3.63) is 47.9 Å². The maximum atomic E-state index is 5.61. The number of nitrogens with one attached hydrogen (secondary N) is 2. The predicted molar refractivity (Wildman–Crippen MR) is 133 cm³/mol. The fourth-order valence-electron chi connectivity index (χ4n) is 5.25. The first-order valence-corrected chi connectivity index (χ1v) is 12.0. The number of H-pyrrole nitrogens is 1. The number of ether oxygens (including phenoxy) is 1. The molecule has 1 aromatic carbocycles. The minimum Gasteiger partial charge on any atom is -0.493 e. The second-order valence-electron chi connectivity index (χ2n) is 9.42. The Morgan fingerprint density at radius 2 is 2.03 bits per heavy atom. The van der Waals surface area contributed by atoms with Gasteiger partial charge in [-0.15, -0.1) is 0 Å². The van der Waals surface area contributed by atoms with Crippen molar-refractivity contribution in [2.75, 3.05) is 40.3 Å². The van der Waals surface area contributed by atoms with Crippen molar-refractivity contribution in [1.82, 2.24) is 29.8 Å². The maximum Gasteiger partial charge on any atom is 0.197 e. The van der Waals surface area contributed by atoms with E-state index in [0.29, 0.717) is 11.8 Å². The van der Waals surface area contributed by atoms with Crippen molar-refractivity contribution in [1.29, 1.82) is 0 Å². The van der Waals surface area contributed by atoms with Gasteiger partial charge in [-0.3, -0.25) is 0 Å². The van der Waals surface area contributed by atoms with Crippen molar-refractivity contribution in [3.8, 4) is 17.0 Å². The van der Waals surface area contributed by atoms with E-state index in [-0.39, 0.29) is 0 Å². The minimum absolute atomic E-state index is 0.379. The van der Waals surface area contributed by atoms with Gasteiger partial charge in [0.25, 0.3) is 0 Å². The van der Waals surface area contributed by atoms with Crippen LogP contribution in [0, 0.1) is 0 Å². The average Bonchev–Trinajstić information content (AvgIpc) is 3.46. The molecule has 0 spiro atoms. The van der Waals surface area contributed by atoms with E-state index in [1.54, 1.807) is 18.0 Å². The van der Waals surface area contributed by atoms with Gasteiger partial charge in [0.1, 0.15) is 6.33 Å². The number of likely N-dealkylation sites (N-methyl/N-ethyl adjacent to an activating group) is 1. The summed E-state index contributed by atoms with van der Waals surface area (Å²) in [5.41, 5.74) is 6.92. The number of aromatic nitrogens is 4. The number of benzene rings is 1. The molecule has 4 aromatic rings. The van der Waals surface area contributed by atoms with E-state index in [4.69, 9.17) is 4.74 Å². The highest BCUT2D eigenvalue weighted by Gasteiger charge is 2.23. The van der Waals surface area contributed by atoms with Crippen LogP contribution in [0.2, 0.25) is 0 Å². The molecule has 0 bridgehead atoms. The van der Waals surface area contributed by atoms with Gasteiger partial charge >= 0.3 is 0 Å². The van der Waals surface area contributed by atoms with Gasteiger partial charge in [-0.25, -0.2) is 9.50 Å². The maximum absolute atomic E-state index is 5.61. The molecular weight excluding hydrogens is 412 g/mol. The molecule has 0 aliphatic carbocycles. The molecule has 33 heavy (non-hydrogen) atoms. The Labute approximate surface area is 195 Å². The van der Waals surface area contributed by atoms with Crippen LogP contribution in [0.4, 0.5) is 0 Å². The zero-order valence-corrected chi connectivity index (χ0v) is 20.1. The molecule has 1 saturated heterocycles. The van der Waals surface area contributed by atoms with E-state index >= 15 is 0 Å². The molecule has 0 amide bonds. The lowest BCUT2D eigenvalue weighted by Crippen LogP contribution is -2.37. The SMILES string of the molecule is CNCCN1CCC(c2ccc3[nH]c(-c4cc(OC)c5ncnn5c4)c(C(C)C)c3c2)CC1. The van der Waals surface area contributed by atoms with Gasteiger partial charge in [-0.05, 0) is 74.1 Å². The number of piperidine rings is 1. The summed E-state index contributed by atoms with van der Waals surface area (Å²) >= 11 is 0. The molecule has 1 aliphatic heterocycles. The van der Waals surface area contributed by atoms with Gasteiger partial charge in [0, 0.05) is 35.8 Å². The molecule has 1 aliphatic rings. The normalized spacial score (nSPS) is 15.8. The lowest BCUT2D eigenvalue weighted by molar-refractivity contribution is 0.214. The van der Waals surface area contributed by atoms with Crippen LogP contribution in [0.15, 0.2) is 36.8 Å². The monoisotopic (exact) mass is 446 g/mol. The second kappa shape index (κ2) is 9.15. The van der Waals surface area contributed by atoms with Gasteiger partial charge in [0.2, 0.25) is 0 Å². The fourth-order valence-corrected chi connectivity index (χ4v) is 5.25. The summed E-state index contributed by atoms with van der Waals surface area (Å²) in [6.07, 6.45) is 6.04. The molecule has 4 heterocycles. The van der Waals surface area contributed by atoms with Crippen LogP contribution < -0.4 is 10.1 Å². The van der Waals surface area contributed by atoms with Crippen molar-refractivity contribution in [2.45, 2.75) is 38.5 Å². The van der Waals surface area contributed by atoms with E-state index in [2.05, 4.69) is 63.4 Å². The number of fused-ring (bicyclic) bond motifs is 2. The van der Waals surface area contributed by atoms with E-state index in [1.165, 1.54) is 48.0 Å². The number of aromatic amines is 1. The Kier molecular flexibility index (Phi) is 6.08. The molecule has 0 radical (unpaired) electrons. The zero-order valence-electron chi connectivity index (χ0n) is 20.1. The van der Waals surface area contributed by atoms with Gasteiger partial charge in [0.15, 0.2) is 11.4 Å². The molecular formula is C26H34N6O. The lowest BCUT2D eigenvalue weighted by atomic mass is 9.87. The van der Waals surface area contributed by atoms with Gasteiger partial charge in [0.05, 0.1) is 12.8 Å². The summed E-state index contributed by atoms with van der Waals surface area (Å²) in [6, 6.07) is 9.08. The molecule has 7 heteroatoms. The van der Waals surface area contributed by atoms with E-state index in [9.17, 15) is 0 Å².